The molecule has 0 bridgehead atoms. The van der Waals surface area contributed by atoms with Crippen molar-refractivity contribution < 1.29 is 0 Å². The van der Waals surface area contributed by atoms with Crippen molar-refractivity contribution in [3.8, 4) is 0 Å². The molecule has 10 heavy (non-hydrogen) atoms. The molecule has 60 valence electrons. The molecule has 1 fully saturated rings. The molecule has 1 aliphatic heterocycles. The third-order valence-electron chi connectivity index (χ3n) is 2.14. The van der Waals surface area contributed by atoms with Crippen molar-refractivity contribution in [3.63, 3.8) is 0 Å². The molecule has 1 saturated heterocycles. The maximum absolute atomic E-state index is 5.47. The standard InChI is InChI=1S/C7H17N3/c1-10-5-4-9-6-7(10)2-3-8/h7,9H,2-6,8H2,1H3. The minimum Gasteiger partial charge on any atom is -0.330 e. The first-order valence-corrected chi connectivity index (χ1v) is 3.95. The summed E-state index contributed by atoms with van der Waals surface area (Å²) in [5.74, 6) is 0. The van der Waals surface area contributed by atoms with E-state index >= 15 is 0 Å². The zero-order chi connectivity index (χ0) is 7.40. The highest BCUT2D eigenvalue weighted by molar-refractivity contribution is 4.76. The van der Waals surface area contributed by atoms with E-state index < -0.39 is 0 Å². The summed E-state index contributed by atoms with van der Waals surface area (Å²) in [6.07, 6.45) is 1.11. The number of hydrogen-bond acceptors (Lipinski definition) is 3. The van der Waals surface area contributed by atoms with E-state index in [0.717, 1.165) is 32.6 Å². The normalized spacial score (nSPS) is 28.8. The summed E-state index contributed by atoms with van der Waals surface area (Å²) < 4.78 is 0. The number of rotatable bonds is 2. The molecular formula is C7H17N3. The van der Waals surface area contributed by atoms with Crippen molar-refractivity contribution in [3.05, 3.63) is 0 Å². The van der Waals surface area contributed by atoms with Gasteiger partial charge in [0, 0.05) is 25.7 Å². The van der Waals surface area contributed by atoms with E-state index in [1.807, 2.05) is 0 Å². The smallest absolute Gasteiger partial charge is 0.0230 e. The van der Waals surface area contributed by atoms with Gasteiger partial charge in [-0.1, -0.05) is 0 Å². The number of nitrogens with two attached hydrogens (primary N) is 1. The second kappa shape index (κ2) is 3.91. The third-order valence-corrected chi connectivity index (χ3v) is 2.14. The molecule has 0 aromatic heterocycles. The lowest BCUT2D eigenvalue weighted by Crippen LogP contribution is -2.49. The second-order valence-electron chi connectivity index (χ2n) is 2.92. The Bertz CT molecular complexity index is 92.9. The molecule has 1 aliphatic rings. The van der Waals surface area contributed by atoms with Crippen LogP contribution in [0.15, 0.2) is 0 Å². The van der Waals surface area contributed by atoms with Crippen molar-refractivity contribution in [2.75, 3.05) is 33.2 Å². The average molecular weight is 143 g/mol. The summed E-state index contributed by atoms with van der Waals surface area (Å²) in [4.78, 5) is 2.38. The average Bonchev–Trinajstić information content (AvgIpc) is 1.94. The Morgan fingerprint density at radius 2 is 2.50 bits per heavy atom. The van der Waals surface area contributed by atoms with E-state index in [2.05, 4.69) is 17.3 Å². The molecule has 0 amide bonds. The highest BCUT2D eigenvalue weighted by Crippen LogP contribution is 2.02. The molecule has 0 spiro atoms. The van der Waals surface area contributed by atoms with Gasteiger partial charge in [0.1, 0.15) is 0 Å². The number of piperazine rings is 1. The Labute approximate surface area is 62.6 Å². The molecule has 0 aromatic carbocycles. The minimum absolute atomic E-state index is 0.666. The zero-order valence-corrected chi connectivity index (χ0v) is 6.64. The van der Waals surface area contributed by atoms with Crippen LogP contribution >= 0.6 is 0 Å². The molecule has 0 aliphatic carbocycles. The predicted molar refractivity (Wildman–Crippen MR) is 43.0 cm³/mol. The van der Waals surface area contributed by atoms with Gasteiger partial charge >= 0.3 is 0 Å². The Kier molecular flexibility index (Phi) is 3.12. The van der Waals surface area contributed by atoms with Crippen LogP contribution in [-0.4, -0.2) is 44.2 Å². The largest absolute Gasteiger partial charge is 0.330 e. The van der Waals surface area contributed by atoms with Gasteiger partial charge < -0.3 is 16.0 Å². The van der Waals surface area contributed by atoms with Crippen molar-refractivity contribution >= 4 is 0 Å². The summed E-state index contributed by atoms with van der Waals surface area (Å²) in [6.45, 7) is 4.19. The van der Waals surface area contributed by atoms with Crippen LogP contribution in [0.4, 0.5) is 0 Å². The maximum atomic E-state index is 5.47. The quantitative estimate of drug-likeness (QED) is 0.534. The van der Waals surface area contributed by atoms with Crippen LogP contribution in [0.3, 0.4) is 0 Å². The maximum Gasteiger partial charge on any atom is 0.0230 e. The zero-order valence-electron chi connectivity index (χ0n) is 6.64. The predicted octanol–water partition coefficient (Wildman–Crippen LogP) is -0.761. The van der Waals surface area contributed by atoms with Gasteiger partial charge in [0.05, 0.1) is 0 Å². The van der Waals surface area contributed by atoms with Gasteiger partial charge in [-0.25, -0.2) is 0 Å². The topological polar surface area (TPSA) is 41.3 Å². The summed E-state index contributed by atoms with van der Waals surface area (Å²) in [5.41, 5.74) is 5.47. The lowest BCUT2D eigenvalue weighted by atomic mass is 10.1. The Morgan fingerprint density at radius 3 is 3.10 bits per heavy atom. The number of nitrogens with one attached hydrogen (secondary N) is 1. The van der Waals surface area contributed by atoms with Crippen molar-refractivity contribution in [1.29, 1.82) is 0 Å². The van der Waals surface area contributed by atoms with E-state index in [9.17, 15) is 0 Å². The van der Waals surface area contributed by atoms with Crippen LogP contribution in [0, 0.1) is 0 Å². The highest BCUT2D eigenvalue weighted by Gasteiger charge is 2.16. The third kappa shape index (κ3) is 1.94. The molecule has 3 N–H and O–H groups in total. The van der Waals surface area contributed by atoms with Gasteiger partial charge in [-0.05, 0) is 20.0 Å². The van der Waals surface area contributed by atoms with Crippen LogP contribution in [0.1, 0.15) is 6.42 Å². The fraction of sp³-hybridized carbons (Fsp3) is 1.00. The van der Waals surface area contributed by atoms with E-state index in [1.54, 1.807) is 0 Å². The van der Waals surface area contributed by atoms with Crippen molar-refractivity contribution in [2.45, 2.75) is 12.5 Å². The van der Waals surface area contributed by atoms with Crippen molar-refractivity contribution in [1.82, 2.24) is 10.2 Å². The van der Waals surface area contributed by atoms with Gasteiger partial charge in [0.25, 0.3) is 0 Å². The molecule has 3 heteroatoms. The van der Waals surface area contributed by atoms with Gasteiger partial charge in [0.15, 0.2) is 0 Å². The lowest BCUT2D eigenvalue weighted by molar-refractivity contribution is 0.192. The molecule has 1 unspecified atom stereocenters. The SMILES string of the molecule is CN1CCNCC1CCN. The Balaban J connectivity index is 2.25. The van der Waals surface area contributed by atoms with Gasteiger partial charge in [0.2, 0.25) is 0 Å². The van der Waals surface area contributed by atoms with E-state index in [-0.39, 0.29) is 0 Å². The van der Waals surface area contributed by atoms with E-state index in [4.69, 9.17) is 5.73 Å². The molecule has 1 heterocycles. The number of likely N-dealkylation sites (N-methyl/N-ethyl adjacent to an activating group) is 1. The van der Waals surface area contributed by atoms with E-state index in [1.165, 1.54) is 0 Å². The molecule has 0 saturated carbocycles. The monoisotopic (exact) mass is 143 g/mol. The first kappa shape index (κ1) is 7.98. The van der Waals surface area contributed by atoms with E-state index in [0.29, 0.717) is 6.04 Å². The van der Waals surface area contributed by atoms with Crippen LogP contribution in [0.25, 0.3) is 0 Å². The highest BCUT2D eigenvalue weighted by atomic mass is 15.2. The molecule has 0 radical (unpaired) electrons. The summed E-state index contributed by atoms with van der Waals surface area (Å²) in [5, 5.41) is 3.35. The van der Waals surface area contributed by atoms with Crippen molar-refractivity contribution in [2.24, 2.45) is 5.73 Å². The van der Waals surface area contributed by atoms with Crippen LogP contribution in [0.2, 0.25) is 0 Å². The molecule has 0 aromatic rings. The number of hydrogen-bond donors (Lipinski definition) is 2. The molecular weight excluding hydrogens is 126 g/mol. The minimum atomic E-state index is 0.666. The summed E-state index contributed by atoms with van der Waals surface area (Å²) >= 11 is 0. The van der Waals surface area contributed by atoms with Crippen LogP contribution in [0.5, 0.6) is 0 Å². The van der Waals surface area contributed by atoms with Gasteiger partial charge in [-0.2, -0.15) is 0 Å². The molecule has 1 rings (SSSR count). The second-order valence-corrected chi connectivity index (χ2v) is 2.92. The summed E-state index contributed by atoms with van der Waals surface area (Å²) in [7, 11) is 2.17. The molecule has 3 nitrogen and oxygen atoms in total. The fourth-order valence-corrected chi connectivity index (χ4v) is 1.38. The summed E-state index contributed by atoms with van der Waals surface area (Å²) in [6, 6.07) is 0.666. The van der Waals surface area contributed by atoms with Crippen LogP contribution in [-0.2, 0) is 0 Å². The Hall–Kier alpha value is -0.120. The first-order valence-electron chi connectivity index (χ1n) is 3.95. The Morgan fingerprint density at radius 1 is 1.70 bits per heavy atom. The molecule has 1 atom stereocenters. The fourth-order valence-electron chi connectivity index (χ4n) is 1.38. The first-order chi connectivity index (χ1) is 4.84. The lowest BCUT2D eigenvalue weighted by Gasteiger charge is -2.32. The van der Waals surface area contributed by atoms with Gasteiger partial charge in [-0.3, -0.25) is 0 Å². The van der Waals surface area contributed by atoms with Crippen LogP contribution < -0.4 is 11.1 Å². The van der Waals surface area contributed by atoms with Gasteiger partial charge in [-0.15, -0.1) is 0 Å². The number of nitrogens with zero attached hydrogens (tertiary/aromatic N) is 1.